The van der Waals surface area contributed by atoms with E-state index in [0.717, 1.165) is 13.3 Å². The topological polar surface area (TPSA) is 12.5 Å². The molecule has 1 aliphatic heterocycles. The quantitative estimate of drug-likeness (QED) is 0.584. The fourth-order valence-corrected chi connectivity index (χ4v) is 1.95. The summed E-state index contributed by atoms with van der Waals surface area (Å²) in [6.07, 6.45) is 4.53. The molecule has 0 radical (unpaired) electrons. The third kappa shape index (κ3) is 1.87. The summed E-state index contributed by atoms with van der Waals surface area (Å²) in [6.45, 7) is 6.20. The SMILES string of the molecule is C[SH](C)N1COC(C)(C)C1. The highest BCUT2D eigenvalue weighted by molar-refractivity contribution is 8.13. The van der Waals surface area contributed by atoms with Crippen molar-refractivity contribution >= 4 is 11.1 Å². The molecule has 2 nitrogen and oxygen atoms in total. The Labute approximate surface area is 66.0 Å². The fourth-order valence-electron chi connectivity index (χ4n) is 1.04. The van der Waals surface area contributed by atoms with Gasteiger partial charge in [-0.25, -0.2) is 15.4 Å². The molecule has 1 rings (SSSR count). The zero-order chi connectivity index (χ0) is 7.78. The average Bonchev–Trinajstić information content (AvgIpc) is 2.10. The van der Waals surface area contributed by atoms with E-state index < -0.39 is 0 Å². The first-order valence-electron chi connectivity index (χ1n) is 3.57. The minimum atomic E-state index is 0.0483. The van der Waals surface area contributed by atoms with E-state index in [1.54, 1.807) is 0 Å². The third-order valence-corrected chi connectivity index (χ3v) is 3.12. The standard InChI is InChI=1S/C7H17NOS/c1-7(2)5-8(6-9-7)10(3)4/h10H,5-6H2,1-4H3. The number of hydrogen-bond donors (Lipinski definition) is 1. The Morgan fingerprint density at radius 1 is 1.40 bits per heavy atom. The van der Waals surface area contributed by atoms with Gasteiger partial charge in [0.05, 0.1) is 5.60 Å². The highest BCUT2D eigenvalue weighted by Gasteiger charge is 2.30. The Morgan fingerprint density at radius 3 is 2.20 bits per heavy atom. The predicted octanol–water partition coefficient (Wildman–Crippen LogP) is 1.23. The Hall–Kier alpha value is 0.270. The van der Waals surface area contributed by atoms with Crippen LogP contribution in [0.5, 0.6) is 0 Å². The van der Waals surface area contributed by atoms with Gasteiger partial charge in [0.1, 0.15) is 6.73 Å². The van der Waals surface area contributed by atoms with Crippen molar-refractivity contribution in [3.05, 3.63) is 0 Å². The number of ether oxygens (including phenoxy) is 1. The van der Waals surface area contributed by atoms with Crippen LogP contribution in [-0.4, -0.2) is 35.7 Å². The van der Waals surface area contributed by atoms with Gasteiger partial charge in [0.2, 0.25) is 0 Å². The molecule has 3 heteroatoms. The first kappa shape index (κ1) is 8.37. The van der Waals surface area contributed by atoms with E-state index in [1.807, 2.05) is 0 Å². The monoisotopic (exact) mass is 163 g/mol. The number of hydrogen-bond acceptors (Lipinski definition) is 2. The lowest BCUT2D eigenvalue weighted by Crippen LogP contribution is -2.25. The second-order valence-electron chi connectivity index (χ2n) is 3.54. The van der Waals surface area contributed by atoms with Gasteiger partial charge in [0.25, 0.3) is 0 Å². The molecule has 0 aromatic rings. The fraction of sp³-hybridized carbons (Fsp3) is 1.00. The second kappa shape index (κ2) is 2.72. The Morgan fingerprint density at radius 2 is 2.00 bits per heavy atom. The smallest absolute Gasteiger partial charge is 0.107 e. The molecule has 62 valence electrons. The van der Waals surface area contributed by atoms with Crippen molar-refractivity contribution in [2.75, 3.05) is 25.8 Å². The lowest BCUT2D eigenvalue weighted by molar-refractivity contribution is 0.0385. The van der Waals surface area contributed by atoms with E-state index >= 15 is 0 Å². The van der Waals surface area contributed by atoms with Gasteiger partial charge in [-0.2, -0.15) is 0 Å². The van der Waals surface area contributed by atoms with Gasteiger partial charge in [-0.05, 0) is 26.4 Å². The molecule has 0 spiro atoms. The summed E-state index contributed by atoms with van der Waals surface area (Å²) >= 11 is 0.0483. The molecule has 0 saturated carbocycles. The van der Waals surface area contributed by atoms with Gasteiger partial charge in [-0.15, -0.1) is 0 Å². The van der Waals surface area contributed by atoms with E-state index in [4.69, 9.17) is 4.74 Å². The first-order valence-corrected chi connectivity index (χ1v) is 5.76. The molecule has 0 bridgehead atoms. The van der Waals surface area contributed by atoms with E-state index in [2.05, 4.69) is 30.7 Å². The molecule has 1 fully saturated rings. The van der Waals surface area contributed by atoms with Gasteiger partial charge >= 0.3 is 0 Å². The van der Waals surface area contributed by atoms with Crippen molar-refractivity contribution in [1.82, 2.24) is 4.31 Å². The maximum Gasteiger partial charge on any atom is 0.107 e. The summed E-state index contributed by atoms with van der Waals surface area (Å²) in [7, 11) is 0. The van der Waals surface area contributed by atoms with Gasteiger partial charge < -0.3 is 4.74 Å². The molecule has 0 aromatic heterocycles. The Balaban J connectivity index is 2.43. The Kier molecular flexibility index (Phi) is 2.28. The molecule has 0 aromatic carbocycles. The summed E-state index contributed by atoms with van der Waals surface area (Å²) in [6, 6.07) is 0. The molecule has 1 saturated heterocycles. The van der Waals surface area contributed by atoms with Crippen LogP contribution in [0.2, 0.25) is 0 Å². The summed E-state index contributed by atoms with van der Waals surface area (Å²) in [4.78, 5) is 0. The molecule has 0 atom stereocenters. The van der Waals surface area contributed by atoms with Crippen LogP contribution in [0, 0.1) is 0 Å². The largest absolute Gasteiger partial charge is 0.358 e. The Bertz CT molecular complexity index is 125. The van der Waals surface area contributed by atoms with Crippen LogP contribution >= 0.6 is 11.1 Å². The van der Waals surface area contributed by atoms with Gasteiger partial charge in [0, 0.05) is 6.54 Å². The third-order valence-electron chi connectivity index (χ3n) is 1.73. The molecule has 10 heavy (non-hydrogen) atoms. The summed E-state index contributed by atoms with van der Waals surface area (Å²) in [5.41, 5.74) is 0.0899. The van der Waals surface area contributed by atoms with Crippen LogP contribution in [0.3, 0.4) is 0 Å². The maximum atomic E-state index is 5.56. The van der Waals surface area contributed by atoms with Crippen LogP contribution in [0.4, 0.5) is 0 Å². The molecule has 0 N–H and O–H groups in total. The van der Waals surface area contributed by atoms with E-state index in [-0.39, 0.29) is 16.7 Å². The molecular weight excluding hydrogens is 146 g/mol. The summed E-state index contributed by atoms with van der Waals surface area (Å²) < 4.78 is 7.95. The minimum absolute atomic E-state index is 0.0483. The van der Waals surface area contributed by atoms with Crippen molar-refractivity contribution in [3.8, 4) is 0 Å². The van der Waals surface area contributed by atoms with Crippen LogP contribution < -0.4 is 0 Å². The predicted molar refractivity (Wildman–Crippen MR) is 47.6 cm³/mol. The highest BCUT2D eigenvalue weighted by atomic mass is 32.2. The van der Waals surface area contributed by atoms with Crippen LogP contribution in [-0.2, 0) is 4.74 Å². The van der Waals surface area contributed by atoms with Crippen molar-refractivity contribution < 1.29 is 4.74 Å². The maximum absolute atomic E-state index is 5.56. The van der Waals surface area contributed by atoms with Crippen LogP contribution in [0.25, 0.3) is 0 Å². The zero-order valence-corrected chi connectivity index (χ0v) is 8.11. The number of rotatable bonds is 1. The average molecular weight is 163 g/mol. The van der Waals surface area contributed by atoms with Gasteiger partial charge in [-0.3, -0.25) is 0 Å². The molecule has 0 unspecified atom stereocenters. The van der Waals surface area contributed by atoms with Crippen molar-refractivity contribution in [3.63, 3.8) is 0 Å². The molecule has 0 aliphatic carbocycles. The van der Waals surface area contributed by atoms with Gasteiger partial charge in [0.15, 0.2) is 0 Å². The lowest BCUT2D eigenvalue weighted by Gasteiger charge is -2.22. The first-order chi connectivity index (χ1) is 4.51. The van der Waals surface area contributed by atoms with E-state index in [0.29, 0.717) is 0 Å². The number of thiol groups is 1. The molecular formula is C7H17NOS. The lowest BCUT2D eigenvalue weighted by atomic mass is 10.1. The van der Waals surface area contributed by atoms with Crippen molar-refractivity contribution in [2.45, 2.75) is 19.4 Å². The van der Waals surface area contributed by atoms with Crippen LogP contribution in [0.1, 0.15) is 13.8 Å². The second-order valence-corrected chi connectivity index (χ2v) is 5.81. The van der Waals surface area contributed by atoms with Crippen molar-refractivity contribution in [1.29, 1.82) is 0 Å². The zero-order valence-electron chi connectivity index (χ0n) is 7.22. The van der Waals surface area contributed by atoms with Gasteiger partial charge in [-0.1, -0.05) is 0 Å². The molecule has 0 amide bonds. The summed E-state index contributed by atoms with van der Waals surface area (Å²) in [5, 5.41) is 0. The van der Waals surface area contributed by atoms with Crippen LogP contribution in [0.15, 0.2) is 0 Å². The molecule has 1 heterocycles. The van der Waals surface area contributed by atoms with E-state index in [1.165, 1.54) is 0 Å². The van der Waals surface area contributed by atoms with Crippen molar-refractivity contribution in [2.24, 2.45) is 0 Å². The minimum Gasteiger partial charge on any atom is -0.358 e. The highest BCUT2D eigenvalue weighted by Crippen LogP contribution is 2.30. The summed E-state index contributed by atoms with van der Waals surface area (Å²) in [5.74, 6) is 0. The molecule has 1 aliphatic rings. The van der Waals surface area contributed by atoms with E-state index in [9.17, 15) is 0 Å². The number of nitrogens with zero attached hydrogens (tertiary/aromatic N) is 1. The normalized spacial score (nSPS) is 27.0.